The maximum absolute atomic E-state index is 8.81. The van der Waals surface area contributed by atoms with Crippen LogP contribution in [0.4, 0.5) is 0 Å². The van der Waals surface area contributed by atoms with Gasteiger partial charge in [-0.2, -0.15) is 5.26 Å². The first-order chi connectivity index (χ1) is 6.55. The van der Waals surface area contributed by atoms with Crippen LogP contribution in [0, 0.1) is 16.7 Å². The van der Waals surface area contributed by atoms with Gasteiger partial charge in [-0.05, 0) is 26.0 Å². The maximum atomic E-state index is 8.81. The fourth-order valence-electron chi connectivity index (χ4n) is 1.22. The second kappa shape index (κ2) is 4.30. The lowest BCUT2D eigenvalue weighted by Crippen LogP contribution is -2.28. The minimum absolute atomic E-state index is 0.287. The Morgan fingerprint density at radius 3 is 2.79 bits per heavy atom. The van der Waals surface area contributed by atoms with Gasteiger partial charge in [-0.3, -0.25) is 0 Å². The number of hydrogen-bond acceptors (Lipinski definition) is 2. The number of aromatic nitrogens is 1. The number of nitrogens with zero attached hydrogens (tertiary/aromatic N) is 2. The fourth-order valence-corrected chi connectivity index (χ4v) is 1.22. The summed E-state index contributed by atoms with van der Waals surface area (Å²) in [6.45, 7) is 5.40. The highest BCUT2D eigenvalue weighted by molar-refractivity contribution is 5.06. The van der Waals surface area contributed by atoms with E-state index in [2.05, 4.69) is 22.0 Å². The van der Waals surface area contributed by atoms with E-state index in [1.807, 2.05) is 33.2 Å². The van der Waals surface area contributed by atoms with Crippen LogP contribution in [0.2, 0.25) is 0 Å². The third-order valence-electron chi connectivity index (χ3n) is 2.23. The van der Waals surface area contributed by atoms with Crippen LogP contribution in [0.15, 0.2) is 18.3 Å². The molecule has 1 heterocycles. The lowest BCUT2D eigenvalue weighted by Gasteiger charge is -2.15. The summed E-state index contributed by atoms with van der Waals surface area (Å²) in [5.41, 5.74) is 0.948. The Kier molecular flexibility index (Phi) is 3.32. The minimum atomic E-state index is -0.287. The van der Waals surface area contributed by atoms with E-state index >= 15 is 0 Å². The van der Waals surface area contributed by atoms with Gasteiger partial charge in [-0.15, -0.1) is 0 Å². The summed E-state index contributed by atoms with van der Waals surface area (Å²) in [4.78, 5) is 0. The zero-order valence-corrected chi connectivity index (χ0v) is 9.04. The molecule has 0 aliphatic rings. The SMILES string of the molecule is Cn1cccc1CNCC(C)(C)C#N. The van der Waals surface area contributed by atoms with Gasteiger partial charge in [-0.25, -0.2) is 0 Å². The summed E-state index contributed by atoms with van der Waals surface area (Å²) in [6.07, 6.45) is 2.02. The molecule has 0 unspecified atom stereocenters. The van der Waals surface area contributed by atoms with E-state index in [1.165, 1.54) is 5.69 Å². The topological polar surface area (TPSA) is 40.8 Å². The zero-order chi connectivity index (χ0) is 10.6. The van der Waals surface area contributed by atoms with Crippen molar-refractivity contribution in [1.29, 1.82) is 5.26 Å². The number of aryl methyl sites for hydroxylation is 1. The van der Waals surface area contributed by atoms with Crippen molar-refractivity contribution in [3.63, 3.8) is 0 Å². The second-order valence-electron chi connectivity index (χ2n) is 4.21. The molecule has 0 atom stereocenters. The monoisotopic (exact) mass is 191 g/mol. The van der Waals surface area contributed by atoms with Gasteiger partial charge in [0.25, 0.3) is 0 Å². The predicted molar refractivity (Wildman–Crippen MR) is 56.5 cm³/mol. The van der Waals surface area contributed by atoms with Gasteiger partial charge in [0.2, 0.25) is 0 Å². The molecule has 0 saturated heterocycles. The van der Waals surface area contributed by atoms with Crippen LogP contribution in [0.25, 0.3) is 0 Å². The minimum Gasteiger partial charge on any atom is -0.353 e. The third-order valence-corrected chi connectivity index (χ3v) is 2.23. The van der Waals surface area contributed by atoms with E-state index in [0.29, 0.717) is 6.54 Å². The van der Waals surface area contributed by atoms with Crippen molar-refractivity contribution in [2.45, 2.75) is 20.4 Å². The molecule has 3 nitrogen and oxygen atoms in total. The van der Waals surface area contributed by atoms with Gasteiger partial charge in [0.1, 0.15) is 0 Å². The number of hydrogen-bond donors (Lipinski definition) is 1. The standard InChI is InChI=1S/C11H17N3/c1-11(2,8-12)9-13-7-10-5-4-6-14(10)3/h4-6,13H,7,9H2,1-3H3. The Morgan fingerprint density at radius 1 is 1.57 bits per heavy atom. The lowest BCUT2D eigenvalue weighted by molar-refractivity contribution is 0.441. The molecule has 1 aromatic rings. The molecule has 1 aromatic heterocycles. The Morgan fingerprint density at radius 2 is 2.29 bits per heavy atom. The van der Waals surface area contributed by atoms with Crippen LogP contribution < -0.4 is 5.32 Å². The van der Waals surface area contributed by atoms with Crippen molar-refractivity contribution < 1.29 is 0 Å². The molecule has 14 heavy (non-hydrogen) atoms. The summed E-state index contributed by atoms with van der Waals surface area (Å²) in [5, 5.41) is 12.1. The van der Waals surface area contributed by atoms with Crippen molar-refractivity contribution in [1.82, 2.24) is 9.88 Å². The smallest absolute Gasteiger partial charge is 0.0697 e. The first kappa shape index (κ1) is 10.8. The molecule has 3 heteroatoms. The van der Waals surface area contributed by atoms with E-state index in [-0.39, 0.29) is 5.41 Å². The normalized spacial score (nSPS) is 11.3. The molecule has 0 fully saturated rings. The van der Waals surface area contributed by atoms with Crippen molar-refractivity contribution in [3.8, 4) is 6.07 Å². The largest absolute Gasteiger partial charge is 0.353 e. The predicted octanol–water partition coefficient (Wildman–Crippen LogP) is 1.66. The molecular weight excluding hydrogens is 174 g/mol. The summed E-state index contributed by atoms with van der Waals surface area (Å²) < 4.78 is 2.08. The third kappa shape index (κ3) is 2.90. The molecule has 0 saturated carbocycles. The average molecular weight is 191 g/mol. The van der Waals surface area contributed by atoms with Gasteiger partial charge < -0.3 is 9.88 Å². The van der Waals surface area contributed by atoms with Crippen LogP contribution in [0.1, 0.15) is 19.5 Å². The molecule has 76 valence electrons. The van der Waals surface area contributed by atoms with Crippen molar-refractivity contribution in [3.05, 3.63) is 24.0 Å². The molecule has 0 aliphatic heterocycles. The van der Waals surface area contributed by atoms with Gasteiger partial charge in [0.15, 0.2) is 0 Å². The Bertz CT molecular complexity index is 331. The van der Waals surface area contributed by atoms with Gasteiger partial charge >= 0.3 is 0 Å². The summed E-state index contributed by atoms with van der Waals surface area (Å²) >= 11 is 0. The maximum Gasteiger partial charge on any atom is 0.0697 e. The second-order valence-corrected chi connectivity index (χ2v) is 4.21. The summed E-state index contributed by atoms with van der Waals surface area (Å²) in [5.74, 6) is 0. The molecule has 1 N–H and O–H groups in total. The van der Waals surface area contributed by atoms with Crippen LogP contribution in [0.5, 0.6) is 0 Å². The molecular formula is C11H17N3. The number of rotatable bonds is 4. The Labute approximate surface area is 85.3 Å². The molecule has 0 bridgehead atoms. The average Bonchev–Trinajstić information content (AvgIpc) is 2.52. The van der Waals surface area contributed by atoms with Crippen LogP contribution in [0.3, 0.4) is 0 Å². The van der Waals surface area contributed by atoms with Crippen LogP contribution in [-0.2, 0) is 13.6 Å². The van der Waals surface area contributed by atoms with Gasteiger partial charge in [0, 0.05) is 32.0 Å². The van der Waals surface area contributed by atoms with E-state index < -0.39 is 0 Å². The molecule has 1 rings (SSSR count). The first-order valence-electron chi connectivity index (χ1n) is 4.77. The Hall–Kier alpha value is -1.27. The van der Waals surface area contributed by atoms with E-state index in [0.717, 1.165) is 6.54 Å². The highest BCUT2D eigenvalue weighted by atomic mass is 15.0. The molecule has 0 spiro atoms. The highest BCUT2D eigenvalue weighted by Gasteiger charge is 2.15. The van der Waals surface area contributed by atoms with E-state index in [4.69, 9.17) is 5.26 Å². The molecule has 0 amide bonds. The Balaban J connectivity index is 2.37. The highest BCUT2D eigenvalue weighted by Crippen LogP contribution is 2.11. The van der Waals surface area contributed by atoms with Crippen molar-refractivity contribution in [2.75, 3.05) is 6.54 Å². The van der Waals surface area contributed by atoms with Gasteiger partial charge in [0.05, 0.1) is 11.5 Å². The number of nitrogens with one attached hydrogen (secondary N) is 1. The fraction of sp³-hybridized carbons (Fsp3) is 0.545. The quantitative estimate of drug-likeness (QED) is 0.786. The first-order valence-corrected chi connectivity index (χ1v) is 4.77. The molecule has 0 aliphatic carbocycles. The van der Waals surface area contributed by atoms with E-state index in [9.17, 15) is 0 Å². The summed E-state index contributed by atoms with van der Waals surface area (Å²) in [6, 6.07) is 6.36. The van der Waals surface area contributed by atoms with Crippen molar-refractivity contribution in [2.24, 2.45) is 12.5 Å². The number of nitriles is 1. The summed E-state index contributed by atoms with van der Waals surface area (Å²) in [7, 11) is 2.02. The van der Waals surface area contributed by atoms with Crippen molar-refractivity contribution >= 4 is 0 Å². The molecule has 0 radical (unpaired) electrons. The van der Waals surface area contributed by atoms with Gasteiger partial charge in [-0.1, -0.05) is 0 Å². The van der Waals surface area contributed by atoms with Crippen LogP contribution >= 0.6 is 0 Å². The van der Waals surface area contributed by atoms with Crippen LogP contribution in [-0.4, -0.2) is 11.1 Å². The lowest BCUT2D eigenvalue weighted by atomic mass is 9.96. The molecule has 0 aromatic carbocycles. The van der Waals surface area contributed by atoms with E-state index in [1.54, 1.807) is 0 Å². The zero-order valence-electron chi connectivity index (χ0n) is 9.04.